The number of rotatable bonds is 1. The molecule has 2 aromatic rings. The van der Waals surface area contributed by atoms with Gasteiger partial charge in [-0.25, -0.2) is 13.8 Å². The highest BCUT2D eigenvalue weighted by molar-refractivity contribution is 5.73. The van der Waals surface area contributed by atoms with Crippen LogP contribution in [-0.4, -0.2) is 25.8 Å². The summed E-state index contributed by atoms with van der Waals surface area (Å²) in [4.78, 5) is 4.53. The largest absolute Gasteiger partial charge is 0.326 e. The van der Waals surface area contributed by atoms with E-state index in [9.17, 15) is 8.78 Å². The van der Waals surface area contributed by atoms with E-state index in [2.05, 4.69) is 15.2 Å². The van der Waals surface area contributed by atoms with E-state index in [1.165, 1.54) is 12.2 Å². The Morgan fingerprint density at radius 1 is 1.14 bits per heavy atom. The first-order chi connectivity index (χ1) is 10.6. The summed E-state index contributed by atoms with van der Waals surface area (Å²) in [5.74, 6) is -0.439. The van der Waals surface area contributed by atoms with E-state index in [-0.39, 0.29) is 30.0 Å². The standard InChI is InChI=1S/C15H15F2N5/c16-8-1-2-11(17)9(3-8)10-4-15-21-13-5-19-20-6-14(13)22(15)7-12(10)18/h1-2,5-6,9-10,12H,3-4,7,18H2/t9?,10-,12?/m1/s1. The summed E-state index contributed by atoms with van der Waals surface area (Å²) in [5, 5.41) is 7.69. The summed E-state index contributed by atoms with van der Waals surface area (Å²) in [6.45, 7) is 0.525. The molecule has 0 spiro atoms. The zero-order chi connectivity index (χ0) is 15.3. The summed E-state index contributed by atoms with van der Waals surface area (Å²) in [6, 6.07) is -0.256. The van der Waals surface area contributed by atoms with Crippen LogP contribution in [0.15, 0.2) is 36.2 Å². The van der Waals surface area contributed by atoms with Crippen LogP contribution in [-0.2, 0) is 13.0 Å². The molecule has 7 heteroatoms. The van der Waals surface area contributed by atoms with Crippen molar-refractivity contribution in [2.75, 3.05) is 0 Å². The number of hydrogen-bond acceptors (Lipinski definition) is 4. The average Bonchev–Trinajstić information content (AvgIpc) is 2.87. The minimum absolute atomic E-state index is 0.0735. The Bertz CT molecular complexity index is 794. The second-order valence-electron chi connectivity index (χ2n) is 5.91. The van der Waals surface area contributed by atoms with Crippen molar-refractivity contribution in [3.05, 3.63) is 42.0 Å². The quantitative estimate of drug-likeness (QED) is 0.875. The Kier molecular flexibility index (Phi) is 3.04. The molecule has 114 valence electrons. The first-order valence-corrected chi connectivity index (χ1v) is 7.26. The van der Waals surface area contributed by atoms with E-state index < -0.39 is 5.92 Å². The van der Waals surface area contributed by atoms with Crippen molar-refractivity contribution in [1.29, 1.82) is 0 Å². The third-order valence-corrected chi connectivity index (χ3v) is 4.61. The topological polar surface area (TPSA) is 69.6 Å². The van der Waals surface area contributed by atoms with Crippen molar-refractivity contribution in [2.45, 2.75) is 25.4 Å². The number of nitrogens with two attached hydrogens (primary N) is 1. The molecule has 5 nitrogen and oxygen atoms in total. The molecule has 3 atom stereocenters. The van der Waals surface area contributed by atoms with Gasteiger partial charge < -0.3 is 10.3 Å². The van der Waals surface area contributed by atoms with E-state index in [1.54, 1.807) is 12.4 Å². The number of hydrogen-bond donors (Lipinski definition) is 1. The van der Waals surface area contributed by atoms with Gasteiger partial charge in [0.15, 0.2) is 0 Å². The van der Waals surface area contributed by atoms with Gasteiger partial charge in [0.1, 0.15) is 23.0 Å². The van der Waals surface area contributed by atoms with Crippen LogP contribution in [0, 0.1) is 11.8 Å². The van der Waals surface area contributed by atoms with Crippen LogP contribution < -0.4 is 5.73 Å². The lowest BCUT2D eigenvalue weighted by Gasteiger charge is -2.35. The van der Waals surface area contributed by atoms with E-state index in [0.717, 1.165) is 16.9 Å². The zero-order valence-corrected chi connectivity index (χ0v) is 11.8. The number of aromatic nitrogens is 4. The van der Waals surface area contributed by atoms with Crippen LogP contribution >= 0.6 is 0 Å². The predicted molar refractivity (Wildman–Crippen MR) is 77.0 cm³/mol. The van der Waals surface area contributed by atoms with Crippen LogP contribution in [0.4, 0.5) is 8.78 Å². The zero-order valence-electron chi connectivity index (χ0n) is 11.8. The van der Waals surface area contributed by atoms with Gasteiger partial charge in [-0.2, -0.15) is 10.2 Å². The van der Waals surface area contributed by atoms with E-state index in [0.29, 0.717) is 13.0 Å². The van der Waals surface area contributed by atoms with Crippen LogP contribution in [0.25, 0.3) is 11.0 Å². The minimum Gasteiger partial charge on any atom is -0.326 e. The summed E-state index contributed by atoms with van der Waals surface area (Å²) < 4.78 is 29.6. The van der Waals surface area contributed by atoms with Crippen molar-refractivity contribution >= 4 is 11.0 Å². The molecule has 2 aliphatic rings. The summed E-state index contributed by atoms with van der Waals surface area (Å²) >= 11 is 0. The monoisotopic (exact) mass is 303 g/mol. The smallest absolute Gasteiger partial charge is 0.111 e. The molecule has 0 fully saturated rings. The molecular weight excluding hydrogens is 288 g/mol. The second kappa shape index (κ2) is 4.95. The first-order valence-electron chi connectivity index (χ1n) is 7.26. The van der Waals surface area contributed by atoms with Crippen molar-refractivity contribution in [3.8, 4) is 0 Å². The number of fused-ring (bicyclic) bond motifs is 3. The van der Waals surface area contributed by atoms with Crippen LogP contribution in [0.2, 0.25) is 0 Å². The predicted octanol–water partition coefficient (Wildman–Crippen LogP) is 2.05. The molecule has 2 aromatic heterocycles. The Labute approximate surface area is 125 Å². The molecule has 0 amide bonds. The molecule has 0 bridgehead atoms. The van der Waals surface area contributed by atoms with E-state index in [4.69, 9.17) is 5.73 Å². The molecular formula is C15H15F2N5. The van der Waals surface area contributed by atoms with Gasteiger partial charge in [0.25, 0.3) is 0 Å². The normalized spacial score (nSPS) is 28.2. The van der Waals surface area contributed by atoms with Gasteiger partial charge in [-0.3, -0.25) is 0 Å². The fourth-order valence-electron chi connectivity index (χ4n) is 3.47. The van der Waals surface area contributed by atoms with Crippen molar-refractivity contribution < 1.29 is 8.78 Å². The number of nitrogens with zero attached hydrogens (tertiary/aromatic N) is 4. The van der Waals surface area contributed by atoms with Crippen molar-refractivity contribution in [2.24, 2.45) is 17.6 Å². The van der Waals surface area contributed by atoms with Gasteiger partial charge >= 0.3 is 0 Å². The maximum Gasteiger partial charge on any atom is 0.111 e. The highest BCUT2D eigenvalue weighted by Crippen LogP contribution is 2.38. The molecule has 2 unspecified atom stereocenters. The maximum absolute atomic E-state index is 14.1. The van der Waals surface area contributed by atoms with Gasteiger partial charge in [0.05, 0.1) is 17.9 Å². The molecule has 3 heterocycles. The Morgan fingerprint density at radius 2 is 1.95 bits per heavy atom. The van der Waals surface area contributed by atoms with Gasteiger partial charge in [0.2, 0.25) is 0 Å². The molecule has 4 rings (SSSR count). The maximum atomic E-state index is 14.1. The lowest BCUT2D eigenvalue weighted by molar-refractivity contribution is 0.221. The number of halogens is 2. The Morgan fingerprint density at radius 3 is 2.82 bits per heavy atom. The fourth-order valence-corrected chi connectivity index (χ4v) is 3.47. The van der Waals surface area contributed by atoms with Crippen LogP contribution in [0.1, 0.15) is 12.2 Å². The van der Waals surface area contributed by atoms with E-state index in [1.807, 2.05) is 4.57 Å². The van der Waals surface area contributed by atoms with Crippen LogP contribution in [0.5, 0.6) is 0 Å². The van der Waals surface area contributed by atoms with Gasteiger partial charge in [-0.1, -0.05) is 0 Å². The minimum atomic E-state index is -0.509. The average molecular weight is 303 g/mol. The van der Waals surface area contributed by atoms with Crippen molar-refractivity contribution in [3.63, 3.8) is 0 Å². The van der Waals surface area contributed by atoms with Crippen LogP contribution in [0.3, 0.4) is 0 Å². The number of allylic oxidation sites excluding steroid dienone is 4. The summed E-state index contributed by atoms with van der Waals surface area (Å²) in [5.41, 5.74) is 7.89. The SMILES string of the molecule is NC1Cn2c(nc3cnncc32)C[C@@H]1C1CC(F)=CC=C1F. The van der Waals surface area contributed by atoms with E-state index >= 15 is 0 Å². The highest BCUT2D eigenvalue weighted by Gasteiger charge is 2.37. The summed E-state index contributed by atoms with van der Waals surface area (Å²) in [6.07, 6.45) is 6.25. The van der Waals surface area contributed by atoms with Gasteiger partial charge in [-0.05, 0) is 18.1 Å². The third kappa shape index (κ3) is 2.04. The molecule has 1 aliphatic heterocycles. The summed E-state index contributed by atoms with van der Waals surface area (Å²) in [7, 11) is 0. The number of imidazole rings is 1. The Balaban J connectivity index is 1.70. The molecule has 22 heavy (non-hydrogen) atoms. The lowest BCUT2D eigenvalue weighted by atomic mass is 9.77. The molecule has 1 aliphatic carbocycles. The molecule has 0 radical (unpaired) electrons. The molecule has 2 N–H and O–H groups in total. The van der Waals surface area contributed by atoms with Gasteiger partial charge in [0, 0.05) is 31.3 Å². The molecule has 0 saturated carbocycles. The highest BCUT2D eigenvalue weighted by atomic mass is 19.1. The Hall–Kier alpha value is -2.15. The second-order valence-corrected chi connectivity index (χ2v) is 5.91. The third-order valence-electron chi connectivity index (χ3n) is 4.61. The molecule has 0 saturated heterocycles. The van der Waals surface area contributed by atoms with Crippen molar-refractivity contribution in [1.82, 2.24) is 19.7 Å². The van der Waals surface area contributed by atoms with Gasteiger partial charge in [-0.15, -0.1) is 0 Å². The lowest BCUT2D eigenvalue weighted by Crippen LogP contribution is -2.44. The molecule has 0 aromatic carbocycles. The first kappa shape index (κ1) is 13.5. The fraction of sp³-hybridized carbons (Fsp3) is 0.400.